The van der Waals surface area contributed by atoms with Gasteiger partial charge in [0.2, 0.25) is 5.91 Å². The van der Waals surface area contributed by atoms with E-state index in [1.807, 2.05) is 18.2 Å². The molecule has 1 aromatic carbocycles. The number of carbonyl (C=O) groups excluding carboxylic acids is 1. The van der Waals surface area contributed by atoms with Crippen molar-refractivity contribution in [3.63, 3.8) is 0 Å². The fourth-order valence-corrected chi connectivity index (χ4v) is 1.83. The zero-order chi connectivity index (χ0) is 15.9. The van der Waals surface area contributed by atoms with E-state index in [2.05, 4.69) is 15.6 Å². The fraction of sp³-hybridized carbons (Fsp3) is 0.250. The molecule has 0 radical (unpaired) electrons. The lowest BCUT2D eigenvalue weighted by Crippen LogP contribution is -2.32. The third-order valence-corrected chi connectivity index (χ3v) is 3.11. The van der Waals surface area contributed by atoms with Gasteiger partial charge in [-0.2, -0.15) is 0 Å². The summed E-state index contributed by atoms with van der Waals surface area (Å²) >= 11 is 0. The summed E-state index contributed by atoms with van der Waals surface area (Å²) in [5.41, 5.74) is 7.49. The third-order valence-electron chi connectivity index (χ3n) is 3.11. The van der Waals surface area contributed by atoms with Crippen molar-refractivity contribution in [2.24, 2.45) is 5.73 Å². The number of phenolic OH excluding ortho intramolecular Hbond substituents is 1. The number of hydrogen-bond donors (Lipinski definition) is 4. The lowest BCUT2D eigenvalue weighted by Gasteiger charge is -2.09. The largest absolute Gasteiger partial charge is 0.508 e. The maximum atomic E-state index is 11.4. The molecule has 0 bridgehead atoms. The topological polar surface area (TPSA) is 100 Å². The van der Waals surface area contributed by atoms with E-state index in [-0.39, 0.29) is 11.7 Å². The molecule has 1 aromatic heterocycles. The highest BCUT2D eigenvalue weighted by atomic mass is 16.3. The van der Waals surface area contributed by atoms with Crippen LogP contribution >= 0.6 is 0 Å². The molecule has 0 saturated carbocycles. The molecule has 116 valence electrons. The highest BCUT2D eigenvalue weighted by Crippen LogP contribution is 2.12. The van der Waals surface area contributed by atoms with Gasteiger partial charge in [-0.3, -0.25) is 4.79 Å². The Morgan fingerprint density at radius 1 is 1.27 bits per heavy atom. The van der Waals surface area contributed by atoms with Crippen molar-refractivity contribution in [1.82, 2.24) is 4.98 Å². The van der Waals surface area contributed by atoms with Crippen molar-refractivity contribution in [2.45, 2.75) is 19.4 Å². The van der Waals surface area contributed by atoms with Crippen LogP contribution in [0.1, 0.15) is 12.5 Å². The second kappa shape index (κ2) is 7.42. The number of nitrogens with two attached hydrogens (primary N) is 1. The van der Waals surface area contributed by atoms with Gasteiger partial charge in [0.25, 0.3) is 0 Å². The van der Waals surface area contributed by atoms with Crippen molar-refractivity contribution >= 4 is 17.4 Å². The number of amides is 1. The Kier molecular flexibility index (Phi) is 5.32. The number of nitrogens with zero attached hydrogens (tertiary/aromatic N) is 1. The summed E-state index contributed by atoms with van der Waals surface area (Å²) in [4.78, 5) is 15.6. The molecule has 1 unspecified atom stereocenters. The van der Waals surface area contributed by atoms with Crippen LogP contribution in [0.4, 0.5) is 11.5 Å². The van der Waals surface area contributed by atoms with E-state index in [4.69, 9.17) is 5.73 Å². The van der Waals surface area contributed by atoms with E-state index in [1.54, 1.807) is 31.3 Å². The Balaban J connectivity index is 1.81. The minimum Gasteiger partial charge on any atom is -0.508 e. The summed E-state index contributed by atoms with van der Waals surface area (Å²) in [7, 11) is 0. The predicted molar refractivity (Wildman–Crippen MR) is 86.8 cm³/mol. The van der Waals surface area contributed by atoms with Gasteiger partial charge in [0.1, 0.15) is 11.6 Å². The van der Waals surface area contributed by atoms with E-state index in [9.17, 15) is 9.90 Å². The molecule has 1 heterocycles. The molecule has 22 heavy (non-hydrogen) atoms. The lowest BCUT2D eigenvalue weighted by atomic mass is 10.1. The van der Waals surface area contributed by atoms with Gasteiger partial charge in [-0.05, 0) is 43.2 Å². The average molecular weight is 300 g/mol. The third kappa shape index (κ3) is 4.75. The molecular formula is C16H20N4O2. The van der Waals surface area contributed by atoms with E-state index in [0.29, 0.717) is 5.82 Å². The fourth-order valence-electron chi connectivity index (χ4n) is 1.83. The maximum absolute atomic E-state index is 11.4. The number of anilines is 2. The normalized spacial score (nSPS) is 11.7. The molecule has 1 amide bonds. The summed E-state index contributed by atoms with van der Waals surface area (Å²) in [5, 5.41) is 15.1. The average Bonchev–Trinajstić information content (AvgIpc) is 2.51. The van der Waals surface area contributed by atoms with E-state index in [1.165, 1.54) is 0 Å². The summed E-state index contributed by atoms with van der Waals surface area (Å²) in [6.07, 6.45) is 2.50. The Hall–Kier alpha value is -2.60. The molecule has 0 spiro atoms. The number of aromatic hydroxyl groups is 1. The summed E-state index contributed by atoms with van der Waals surface area (Å²) in [6, 6.07) is 10.1. The molecule has 1 atom stereocenters. The van der Waals surface area contributed by atoms with Gasteiger partial charge < -0.3 is 21.5 Å². The minimum atomic E-state index is -0.565. The zero-order valence-corrected chi connectivity index (χ0v) is 12.4. The minimum absolute atomic E-state index is 0.263. The first kappa shape index (κ1) is 15.8. The highest BCUT2D eigenvalue weighted by molar-refractivity contribution is 5.93. The smallest absolute Gasteiger partial charge is 0.242 e. The molecule has 0 saturated heterocycles. The van der Waals surface area contributed by atoms with Crippen molar-refractivity contribution in [3.8, 4) is 5.75 Å². The number of aromatic nitrogens is 1. The molecule has 6 heteroatoms. The molecule has 0 aliphatic heterocycles. The van der Waals surface area contributed by atoms with Crippen LogP contribution in [0.2, 0.25) is 0 Å². The van der Waals surface area contributed by atoms with E-state index >= 15 is 0 Å². The first-order valence-corrected chi connectivity index (χ1v) is 7.09. The number of hydrogen-bond acceptors (Lipinski definition) is 5. The molecule has 2 rings (SSSR count). The molecule has 5 N–H and O–H groups in total. The summed E-state index contributed by atoms with van der Waals surface area (Å²) in [5.74, 6) is 0.484. The van der Waals surface area contributed by atoms with E-state index < -0.39 is 6.04 Å². The number of pyridine rings is 1. The monoisotopic (exact) mass is 300 g/mol. The number of benzene rings is 1. The number of phenols is 1. The first-order valence-electron chi connectivity index (χ1n) is 7.09. The van der Waals surface area contributed by atoms with Crippen LogP contribution in [0.3, 0.4) is 0 Å². The first-order chi connectivity index (χ1) is 10.5. The van der Waals surface area contributed by atoms with Crippen LogP contribution in [-0.4, -0.2) is 28.6 Å². The molecule has 6 nitrogen and oxygen atoms in total. The van der Waals surface area contributed by atoms with Crippen LogP contribution in [-0.2, 0) is 11.2 Å². The SMILES string of the molecule is CC(N)C(=O)Nc1ccc(NCCc2ccc(O)cc2)cn1. The quantitative estimate of drug-likeness (QED) is 0.651. The van der Waals surface area contributed by atoms with Gasteiger partial charge in [0, 0.05) is 6.54 Å². The van der Waals surface area contributed by atoms with Gasteiger partial charge in [0.15, 0.2) is 0 Å². The van der Waals surface area contributed by atoms with Crippen molar-refractivity contribution < 1.29 is 9.90 Å². The number of nitrogens with one attached hydrogen (secondary N) is 2. The maximum Gasteiger partial charge on any atom is 0.242 e. The molecule has 0 fully saturated rings. The van der Waals surface area contributed by atoms with Crippen LogP contribution in [0.25, 0.3) is 0 Å². The zero-order valence-electron chi connectivity index (χ0n) is 12.4. The van der Waals surface area contributed by atoms with Crippen molar-refractivity contribution in [3.05, 3.63) is 48.2 Å². The van der Waals surface area contributed by atoms with Crippen LogP contribution in [0.15, 0.2) is 42.6 Å². The Labute approximate surface area is 129 Å². The van der Waals surface area contributed by atoms with Gasteiger partial charge in [-0.15, -0.1) is 0 Å². The van der Waals surface area contributed by atoms with Gasteiger partial charge in [-0.1, -0.05) is 12.1 Å². The summed E-state index contributed by atoms with van der Waals surface area (Å²) < 4.78 is 0. The van der Waals surface area contributed by atoms with Gasteiger partial charge in [0.05, 0.1) is 17.9 Å². The van der Waals surface area contributed by atoms with Crippen LogP contribution in [0.5, 0.6) is 5.75 Å². The number of carbonyl (C=O) groups is 1. The lowest BCUT2D eigenvalue weighted by molar-refractivity contribution is -0.117. The number of rotatable bonds is 6. The Morgan fingerprint density at radius 3 is 2.59 bits per heavy atom. The van der Waals surface area contributed by atoms with Crippen molar-refractivity contribution in [2.75, 3.05) is 17.2 Å². The van der Waals surface area contributed by atoms with Gasteiger partial charge >= 0.3 is 0 Å². The van der Waals surface area contributed by atoms with Gasteiger partial charge in [-0.25, -0.2) is 4.98 Å². The highest BCUT2D eigenvalue weighted by Gasteiger charge is 2.07. The predicted octanol–water partition coefficient (Wildman–Crippen LogP) is 1.73. The summed E-state index contributed by atoms with van der Waals surface area (Å²) in [6.45, 7) is 2.37. The molecule has 0 aliphatic rings. The molecular weight excluding hydrogens is 280 g/mol. The van der Waals surface area contributed by atoms with Crippen molar-refractivity contribution in [1.29, 1.82) is 0 Å². The van der Waals surface area contributed by atoms with Crippen LogP contribution < -0.4 is 16.4 Å². The molecule has 2 aromatic rings. The second-order valence-corrected chi connectivity index (χ2v) is 5.05. The Bertz CT molecular complexity index is 609. The second-order valence-electron chi connectivity index (χ2n) is 5.05. The Morgan fingerprint density at radius 2 is 2.00 bits per heavy atom. The standard InChI is InChI=1S/C16H20N4O2/c1-11(17)16(22)20-15-7-4-13(10-19-15)18-9-8-12-2-5-14(21)6-3-12/h2-7,10-11,18,21H,8-9,17H2,1H3,(H,19,20,22). The van der Waals surface area contributed by atoms with Crippen LogP contribution in [0, 0.1) is 0 Å². The van der Waals surface area contributed by atoms with E-state index in [0.717, 1.165) is 24.2 Å². The molecule has 0 aliphatic carbocycles.